The number of rotatable bonds is 3. The lowest BCUT2D eigenvalue weighted by atomic mass is 10.1. The van der Waals surface area contributed by atoms with Gasteiger partial charge in [-0.1, -0.05) is 35.6 Å². The number of hydrogen-bond acceptors (Lipinski definition) is 5. The highest BCUT2D eigenvalue weighted by atomic mass is 32.1. The summed E-state index contributed by atoms with van der Waals surface area (Å²) in [5, 5.41) is 9.68. The summed E-state index contributed by atoms with van der Waals surface area (Å²) in [6.45, 7) is 0. The number of oxazole rings is 1. The summed E-state index contributed by atoms with van der Waals surface area (Å²) in [6, 6.07) is 15.4. The third-order valence-electron chi connectivity index (χ3n) is 3.54. The SMILES string of the molecule is O=c1[nH]c(O)c(Cc2ccc3oc(-c4ccccc4)nc3c2)s1. The Bertz CT molecular complexity index is 1030. The van der Waals surface area contributed by atoms with Gasteiger partial charge in [-0.25, -0.2) is 4.98 Å². The average Bonchev–Trinajstić information content (AvgIpc) is 3.11. The van der Waals surface area contributed by atoms with Gasteiger partial charge < -0.3 is 9.52 Å². The quantitative estimate of drug-likeness (QED) is 0.604. The van der Waals surface area contributed by atoms with Crippen LogP contribution in [0.1, 0.15) is 10.4 Å². The molecule has 0 aliphatic carbocycles. The lowest BCUT2D eigenvalue weighted by Crippen LogP contribution is -1.89. The Hall–Kier alpha value is -2.86. The van der Waals surface area contributed by atoms with Crippen molar-refractivity contribution >= 4 is 22.4 Å². The summed E-state index contributed by atoms with van der Waals surface area (Å²) < 4.78 is 5.77. The van der Waals surface area contributed by atoms with Crippen LogP contribution in [0.4, 0.5) is 0 Å². The van der Waals surface area contributed by atoms with Crippen molar-refractivity contribution in [3.05, 3.63) is 68.6 Å². The number of aromatic nitrogens is 2. The molecule has 0 aliphatic heterocycles. The second-order valence-corrected chi connectivity index (χ2v) is 6.22. The average molecular weight is 324 g/mol. The molecule has 6 heteroatoms. The molecular weight excluding hydrogens is 312 g/mol. The van der Waals surface area contributed by atoms with Crippen LogP contribution in [-0.2, 0) is 6.42 Å². The van der Waals surface area contributed by atoms with E-state index in [4.69, 9.17) is 4.42 Å². The lowest BCUT2D eigenvalue weighted by molar-refractivity contribution is 0.451. The Morgan fingerprint density at radius 3 is 2.74 bits per heavy atom. The molecule has 2 heterocycles. The predicted molar refractivity (Wildman–Crippen MR) is 88.9 cm³/mol. The van der Waals surface area contributed by atoms with E-state index in [1.807, 2.05) is 48.5 Å². The Kier molecular flexibility index (Phi) is 3.24. The molecular formula is C17H12N2O3S. The van der Waals surface area contributed by atoms with Crippen molar-refractivity contribution in [3.63, 3.8) is 0 Å². The fourth-order valence-electron chi connectivity index (χ4n) is 2.44. The molecule has 0 saturated carbocycles. The number of H-pyrrole nitrogens is 1. The second-order valence-electron chi connectivity index (χ2n) is 5.15. The van der Waals surface area contributed by atoms with E-state index < -0.39 is 0 Å². The van der Waals surface area contributed by atoms with Crippen molar-refractivity contribution in [2.45, 2.75) is 6.42 Å². The lowest BCUT2D eigenvalue weighted by Gasteiger charge is -1.98. The second kappa shape index (κ2) is 5.40. The van der Waals surface area contributed by atoms with Gasteiger partial charge in [-0.3, -0.25) is 9.78 Å². The minimum Gasteiger partial charge on any atom is -0.494 e. The Morgan fingerprint density at radius 1 is 1.17 bits per heavy atom. The first-order valence-corrected chi connectivity index (χ1v) is 7.86. The molecule has 0 bridgehead atoms. The van der Waals surface area contributed by atoms with Gasteiger partial charge in [0.15, 0.2) is 5.58 Å². The van der Waals surface area contributed by atoms with E-state index in [9.17, 15) is 9.90 Å². The molecule has 2 aromatic carbocycles. The molecule has 0 unspecified atom stereocenters. The zero-order chi connectivity index (χ0) is 15.8. The van der Waals surface area contributed by atoms with Gasteiger partial charge in [0.2, 0.25) is 11.8 Å². The van der Waals surface area contributed by atoms with E-state index in [2.05, 4.69) is 9.97 Å². The Balaban J connectivity index is 1.71. The maximum absolute atomic E-state index is 11.2. The normalized spacial score (nSPS) is 11.1. The molecule has 114 valence electrons. The van der Waals surface area contributed by atoms with Crippen molar-refractivity contribution in [2.24, 2.45) is 0 Å². The highest BCUT2D eigenvalue weighted by molar-refractivity contribution is 7.09. The summed E-state index contributed by atoms with van der Waals surface area (Å²) in [5.74, 6) is 0.511. The van der Waals surface area contributed by atoms with Crippen molar-refractivity contribution in [3.8, 4) is 17.3 Å². The number of nitrogens with one attached hydrogen (secondary N) is 1. The van der Waals surface area contributed by atoms with Gasteiger partial charge in [0.25, 0.3) is 0 Å². The van der Waals surface area contributed by atoms with Crippen LogP contribution in [0.2, 0.25) is 0 Å². The van der Waals surface area contributed by atoms with Crippen molar-refractivity contribution in [2.75, 3.05) is 0 Å². The number of thiazole rings is 1. The van der Waals surface area contributed by atoms with Crippen molar-refractivity contribution in [1.29, 1.82) is 0 Å². The molecule has 23 heavy (non-hydrogen) atoms. The third kappa shape index (κ3) is 2.64. The summed E-state index contributed by atoms with van der Waals surface area (Å²) in [6.07, 6.45) is 0.471. The molecule has 0 amide bonds. The smallest absolute Gasteiger partial charge is 0.307 e. The molecule has 0 radical (unpaired) electrons. The molecule has 0 fully saturated rings. The van der Waals surface area contributed by atoms with Crippen LogP contribution in [0.3, 0.4) is 0 Å². The number of fused-ring (bicyclic) bond motifs is 1. The fourth-order valence-corrected chi connectivity index (χ4v) is 3.20. The third-order valence-corrected chi connectivity index (χ3v) is 4.41. The number of nitrogens with zero attached hydrogens (tertiary/aromatic N) is 1. The first-order valence-electron chi connectivity index (χ1n) is 7.05. The van der Waals surface area contributed by atoms with E-state index in [-0.39, 0.29) is 10.8 Å². The fraction of sp³-hybridized carbons (Fsp3) is 0.0588. The Labute approximate surface area is 134 Å². The molecule has 0 saturated heterocycles. The highest BCUT2D eigenvalue weighted by Crippen LogP contribution is 2.26. The molecule has 2 N–H and O–H groups in total. The first-order chi connectivity index (χ1) is 11.2. The molecule has 0 spiro atoms. The van der Waals surface area contributed by atoms with Gasteiger partial charge in [-0.15, -0.1) is 0 Å². The summed E-state index contributed by atoms with van der Waals surface area (Å²) in [4.78, 5) is 18.5. The van der Waals surface area contributed by atoms with E-state index in [0.29, 0.717) is 22.8 Å². The van der Waals surface area contributed by atoms with Crippen LogP contribution in [0.25, 0.3) is 22.6 Å². The van der Waals surface area contributed by atoms with Gasteiger partial charge in [0, 0.05) is 12.0 Å². The molecule has 4 rings (SSSR count). The van der Waals surface area contributed by atoms with E-state index in [1.165, 1.54) is 0 Å². The van der Waals surface area contributed by atoms with Gasteiger partial charge in [0.1, 0.15) is 5.52 Å². The minimum atomic E-state index is -0.258. The van der Waals surface area contributed by atoms with Gasteiger partial charge in [0.05, 0.1) is 4.88 Å². The van der Waals surface area contributed by atoms with Gasteiger partial charge in [-0.05, 0) is 29.8 Å². The van der Waals surface area contributed by atoms with Crippen LogP contribution in [0.15, 0.2) is 57.7 Å². The number of benzene rings is 2. The van der Waals surface area contributed by atoms with E-state index in [1.54, 1.807) is 0 Å². The van der Waals surface area contributed by atoms with Gasteiger partial charge in [-0.2, -0.15) is 0 Å². The highest BCUT2D eigenvalue weighted by Gasteiger charge is 2.11. The van der Waals surface area contributed by atoms with E-state index >= 15 is 0 Å². The van der Waals surface area contributed by atoms with Crippen molar-refractivity contribution in [1.82, 2.24) is 9.97 Å². The topological polar surface area (TPSA) is 79.1 Å². The molecule has 0 atom stereocenters. The first kappa shape index (κ1) is 13.8. The maximum atomic E-state index is 11.2. The molecule has 4 aromatic rings. The predicted octanol–water partition coefficient (Wildman–Crippen LogP) is 3.54. The molecule has 0 aliphatic rings. The summed E-state index contributed by atoms with van der Waals surface area (Å²) in [5.41, 5.74) is 3.34. The molecule has 2 aromatic heterocycles. The Morgan fingerprint density at radius 2 is 2.00 bits per heavy atom. The van der Waals surface area contributed by atoms with Crippen LogP contribution < -0.4 is 4.87 Å². The van der Waals surface area contributed by atoms with Crippen molar-refractivity contribution < 1.29 is 9.52 Å². The maximum Gasteiger partial charge on any atom is 0.307 e. The zero-order valence-electron chi connectivity index (χ0n) is 11.9. The number of aromatic amines is 1. The van der Waals surface area contributed by atoms with Crippen LogP contribution in [-0.4, -0.2) is 15.1 Å². The molecule has 5 nitrogen and oxygen atoms in total. The van der Waals surface area contributed by atoms with E-state index in [0.717, 1.165) is 28.0 Å². The zero-order valence-corrected chi connectivity index (χ0v) is 12.8. The monoisotopic (exact) mass is 324 g/mol. The van der Waals surface area contributed by atoms with Crippen LogP contribution in [0.5, 0.6) is 5.88 Å². The summed E-state index contributed by atoms with van der Waals surface area (Å²) >= 11 is 1.01. The number of aromatic hydroxyl groups is 1. The standard InChI is InChI=1S/C17H12N2O3S/c20-15-14(23-17(21)19-15)9-10-6-7-13-12(8-10)18-16(22-13)11-4-2-1-3-5-11/h1-8,20H,9H2,(H,19,21). The number of hydrogen-bond donors (Lipinski definition) is 2. The largest absolute Gasteiger partial charge is 0.494 e. The van der Waals surface area contributed by atoms with Crippen LogP contribution in [0, 0.1) is 0 Å². The minimum absolute atomic E-state index is 0.0646. The summed E-state index contributed by atoms with van der Waals surface area (Å²) in [7, 11) is 0. The van der Waals surface area contributed by atoms with Crippen LogP contribution >= 0.6 is 11.3 Å². The van der Waals surface area contributed by atoms with Gasteiger partial charge >= 0.3 is 4.87 Å².